The zero-order valence-corrected chi connectivity index (χ0v) is 7.88. The van der Waals surface area contributed by atoms with Crippen LogP contribution in [0.4, 0.5) is 0 Å². The highest BCUT2D eigenvalue weighted by atomic mass is 16.1. The van der Waals surface area contributed by atoms with Crippen molar-refractivity contribution in [3.63, 3.8) is 0 Å². The van der Waals surface area contributed by atoms with Gasteiger partial charge in [0.2, 0.25) is 5.91 Å². The Morgan fingerprint density at radius 1 is 1.42 bits per heavy atom. The van der Waals surface area contributed by atoms with Gasteiger partial charge in [-0.1, -0.05) is 26.2 Å². The molecule has 1 fully saturated rings. The largest absolute Gasteiger partial charge is 0.369 e. The number of nitrogens with two attached hydrogens (primary N) is 1. The maximum atomic E-state index is 11.1. The molecule has 0 bridgehead atoms. The lowest BCUT2D eigenvalue weighted by molar-refractivity contribution is -0.123. The third-order valence-electron chi connectivity index (χ3n) is 3.02. The van der Waals surface area contributed by atoms with Gasteiger partial charge in [0.15, 0.2) is 0 Å². The van der Waals surface area contributed by atoms with E-state index < -0.39 is 0 Å². The molecule has 2 N–H and O–H groups in total. The smallest absolute Gasteiger partial charge is 0.220 e. The van der Waals surface area contributed by atoms with Crippen LogP contribution in [-0.2, 0) is 4.79 Å². The molecule has 0 aromatic heterocycles. The zero-order valence-electron chi connectivity index (χ0n) is 7.88. The SMILES string of the molecule is CCC(C(N)=O)C1CCCCC1. The first kappa shape index (κ1) is 9.56. The van der Waals surface area contributed by atoms with Crippen molar-refractivity contribution in [3.8, 4) is 0 Å². The molecule has 0 aromatic rings. The van der Waals surface area contributed by atoms with E-state index in [1.54, 1.807) is 0 Å². The van der Waals surface area contributed by atoms with E-state index in [1.807, 2.05) is 0 Å². The predicted octanol–water partition coefficient (Wildman–Crippen LogP) is 2.08. The number of carbonyl (C=O) groups excluding carboxylic acids is 1. The fraction of sp³-hybridized carbons (Fsp3) is 0.900. The average Bonchev–Trinajstić information content (AvgIpc) is 2.07. The summed E-state index contributed by atoms with van der Waals surface area (Å²) in [7, 11) is 0. The van der Waals surface area contributed by atoms with E-state index in [4.69, 9.17) is 5.73 Å². The highest BCUT2D eigenvalue weighted by Crippen LogP contribution is 2.31. The standard InChI is InChI=1S/C10H19NO/c1-2-9(10(11)12)8-6-4-3-5-7-8/h8-9H,2-7H2,1H3,(H2,11,12). The molecule has 70 valence electrons. The van der Waals surface area contributed by atoms with E-state index in [0.717, 1.165) is 6.42 Å². The summed E-state index contributed by atoms with van der Waals surface area (Å²) in [5, 5.41) is 0. The minimum Gasteiger partial charge on any atom is -0.369 e. The molecular formula is C10H19NO. The van der Waals surface area contributed by atoms with Crippen LogP contribution in [-0.4, -0.2) is 5.91 Å². The number of hydrogen-bond acceptors (Lipinski definition) is 1. The second kappa shape index (κ2) is 4.48. The average molecular weight is 169 g/mol. The van der Waals surface area contributed by atoms with Crippen LogP contribution in [0.25, 0.3) is 0 Å². The molecule has 0 aliphatic heterocycles. The van der Waals surface area contributed by atoms with Gasteiger partial charge in [0, 0.05) is 5.92 Å². The van der Waals surface area contributed by atoms with Crippen molar-refractivity contribution in [3.05, 3.63) is 0 Å². The predicted molar refractivity (Wildman–Crippen MR) is 49.6 cm³/mol. The van der Waals surface area contributed by atoms with Crippen LogP contribution >= 0.6 is 0 Å². The zero-order chi connectivity index (χ0) is 8.97. The Bertz CT molecular complexity index is 150. The van der Waals surface area contributed by atoms with Crippen molar-refractivity contribution < 1.29 is 4.79 Å². The molecule has 0 aromatic carbocycles. The van der Waals surface area contributed by atoms with E-state index in [1.165, 1.54) is 32.1 Å². The minimum absolute atomic E-state index is 0.0931. The lowest BCUT2D eigenvalue weighted by atomic mass is 9.78. The molecule has 12 heavy (non-hydrogen) atoms. The lowest BCUT2D eigenvalue weighted by Crippen LogP contribution is -2.30. The van der Waals surface area contributed by atoms with Gasteiger partial charge >= 0.3 is 0 Å². The summed E-state index contributed by atoms with van der Waals surface area (Å²) < 4.78 is 0. The Labute approximate surface area is 74.5 Å². The highest BCUT2D eigenvalue weighted by Gasteiger charge is 2.25. The van der Waals surface area contributed by atoms with E-state index in [0.29, 0.717) is 5.92 Å². The van der Waals surface area contributed by atoms with Crippen molar-refractivity contribution in [2.45, 2.75) is 45.4 Å². The highest BCUT2D eigenvalue weighted by molar-refractivity contribution is 5.76. The van der Waals surface area contributed by atoms with Crippen LogP contribution in [0, 0.1) is 11.8 Å². The van der Waals surface area contributed by atoms with E-state index >= 15 is 0 Å². The van der Waals surface area contributed by atoms with Gasteiger partial charge in [-0.2, -0.15) is 0 Å². The molecule has 0 saturated heterocycles. The number of hydrogen-bond donors (Lipinski definition) is 1. The minimum atomic E-state index is -0.0931. The summed E-state index contributed by atoms with van der Waals surface area (Å²) in [6.07, 6.45) is 7.25. The monoisotopic (exact) mass is 169 g/mol. The number of carbonyl (C=O) groups is 1. The molecule has 1 amide bonds. The molecule has 1 atom stereocenters. The van der Waals surface area contributed by atoms with Crippen LogP contribution in [0.3, 0.4) is 0 Å². The normalized spacial score (nSPS) is 22.1. The fourth-order valence-electron chi connectivity index (χ4n) is 2.30. The fourth-order valence-corrected chi connectivity index (χ4v) is 2.30. The molecule has 1 saturated carbocycles. The van der Waals surface area contributed by atoms with Crippen LogP contribution < -0.4 is 5.73 Å². The molecule has 0 spiro atoms. The molecule has 2 nitrogen and oxygen atoms in total. The van der Waals surface area contributed by atoms with Gasteiger partial charge in [-0.15, -0.1) is 0 Å². The maximum absolute atomic E-state index is 11.1. The number of rotatable bonds is 3. The van der Waals surface area contributed by atoms with Crippen molar-refractivity contribution in [2.75, 3.05) is 0 Å². The van der Waals surface area contributed by atoms with E-state index in [9.17, 15) is 4.79 Å². The van der Waals surface area contributed by atoms with Crippen LogP contribution in [0.1, 0.15) is 45.4 Å². The third-order valence-corrected chi connectivity index (χ3v) is 3.02. The summed E-state index contributed by atoms with van der Waals surface area (Å²) in [6.45, 7) is 2.06. The van der Waals surface area contributed by atoms with E-state index in [2.05, 4.69) is 6.92 Å². The Hall–Kier alpha value is -0.530. The quantitative estimate of drug-likeness (QED) is 0.690. The first-order valence-electron chi connectivity index (χ1n) is 5.05. The summed E-state index contributed by atoms with van der Waals surface area (Å²) in [5.74, 6) is 0.635. The summed E-state index contributed by atoms with van der Waals surface area (Å²) >= 11 is 0. The van der Waals surface area contributed by atoms with Crippen LogP contribution in [0.5, 0.6) is 0 Å². The van der Waals surface area contributed by atoms with Crippen LogP contribution in [0.2, 0.25) is 0 Å². The van der Waals surface area contributed by atoms with Crippen molar-refractivity contribution >= 4 is 5.91 Å². The molecule has 1 aliphatic rings. The van der Waals surface area contributed by atoms with E-state index in [-0.39, 0.29) is 11.8 Å². The Kier molecular flexibility index (Phi) is 3.57. The first-order valence-corrected chi connectivity index (χ1v) is 5.05. The third kappa shape index (κ3) is 2.23. The van der Waals surface area contributed by atoms with Gasteiger partial charge in [-0.25, -0.2) is 0 Å². The molecular weight excluding hydrogens is 150 g/mol. The molecule has 0 heterocycles. The first-order chi connectivity index (χ1) is 5.75. The van der Waals surface area contributed by atoms with Gasteiger partial charge in [0.25, 0.3) is 0 Å². The maximum Gasteiger partial charge on any atom is 0.220 e. The molecule has 1 aliphatic carbocycles. The second-order valence-electron chi connectivity index (χ2n) is 3.82. The Balaban J connectivity index is 2.46. The topological polar surface area (TPSA) is 43.1 Å². The molecule has 2 heteroatoms. The van der Waals surface area contributed by atoms with Crippen molar-refractivity contribution in [1.29, 1.82) is 0 Å². The summed E-state index contributed by atoms with van der Waals surface area (Å²) in [5.41, 5.74) is 5.34. The van der Waals surface area contributed by atoms with Crippen molar-refractivity contribution in [1.82, 2.24) is 0 Å². The summed E-state index contributed by atoms with van der Waals surface area (Å²) in [4.78, 5) is 11.1. The lowest BCUT2D eigenvalue weighted by Gasteiger charge is -2.27. The molecule has 1 rings (SSSR count). The van der Waals surface area contributed by atoms with Crippen molar-refractivity contribution in [2.24, 2.45) is 17.6 Å². The van der Waals surface area contributed by atoms with Gasteiger partial charge in [0.1, 0.15) is 0 Å². The Morgan fingerprint density at radius 3 is 2.42 bits per heavy atom. The van der Waals surface area contributed by atoms with Gasteiger partial charge in [-0.3, -0.25) is 4.79 Å². The molecule has 1 unspecified atom stereocenters. The van der Waals surface area contributed by atoms with Gasteiger partial charge in [-0.05, 0) is 25.2 Å². The molecule has 0 radical (unpaired) electrons. The number of primary amides is 1. The second-order valence-corrected chi connectivity index (χ2v) is 3.82. The van der Waals surface area contributed by atoms with Gasteiger partial charge in [0.05, 0.1) is 0 Å². The van der Waals surface area contributed by atoms with Crippen LogP contribution in [0.15, 0.2) is 0 Å². The summed E-state index contributed by atoms with van der Waals surface area (Å²) in [6, 6.07) is 0. The number of amides is 1. The Morgan fingerprint density at radius 2 is 2.00 bits per heavy atom. The van der Waals surface area contributed by atoms with Gasteiger partial charge < -0.3 is 5.73 Å².